The SMILES string of the molecule is CC(=O)c1sc(NC(=O)COc2ccc(C)cc2C(C)(C)C)nc1C. The number of Topliss-reactive ketones (excluding diaryl/α,β-unsaturated/α-hetero) is 1. The van der Waals surface area contributed by atoms with Gasteiger partial charge in [-0.2, -0.15) is 0 Å². The lowest BCUT2D eigenvalue weighted by Crippen LogP contribution is -2.22. The molecule has 1 heterocycles. The first-order valence-corrected chi connectivity index (χ1v) is 8.91. The maximum absolute atomic E-state index is 12.1. The van der Waals surface area contributed by atoms with E-state index in [9.17, 15) is 9.59 Å². The Bertz CT molecular complexity index is 803. The molecule has 0 aliphatic rings. The number of aromatic nitrogens is 1. The maximum atomic E-state index is 12.1. The van der Waals surface area contributed by atoms with Crippen LogP contribution in [0.3, 0.4) is 0 Å². The molecule has 6 heteroatoms. The number of hydrogen-bond donors (Lipinski definition) is 1. The first-order valence-electron chi connectivity index (χ1n) is 8.10. The lowest BCUT2D eigenvalue weighted by molar-refractivity contribution is -0.118. The van der Waals surface area contributed by atoms with Gasteiger partial charge in [-0.3, -0.25) is 14.9 Å². The quantitative estimate of drug-likeness (QED) is 0.808. The van der Waals surface area contributed by atoms with Gasteiger partial charge >= 0.3 is 0 Å². The Hall–Kier alpha value is -2.21. The number of carbonyl (C=O) groups excluding carboxylic acids is 2. The van der Waals surface area contributed by atoms with Crippen LogP contribution < -0.4 is 10.1 Å². The smallest absolute Gasteiger partial charge is 0.264 e. The fourth-order valence-electron chi connectivity index (χ4n) is 2.43. The van der Waals surface area contributed by atoms with E-state index in [1.54, 1.807) is 6.92 Å². The van der Waals surface area contributed by atoms with Crippen LogP contribution in [0, 0.1) is 13.8 Å². The molecule has 1 aromatic carbocycles. The van der Waals surface area contributed by atoms with Crippen molar-refractivity contribution in [1.82, 2.24) is 4.98 Å². The summed E-state index contributed by atoms with van der Waals surface area (Å²) >= 11 is 1.18. The van der Waals surface area contributed by atoms with Gasteiger partial charge < -0.3 is 4.74 Å². The average molecular weight is 360 g/mol. The zero-order chi connectivity index (χ0) is 18.8. The maximum Gasteiger partial charge on any atom is 0.264 e. The monoisotopic (exact) mass is 360 g/mol. The van der Waals surface area contributed by atoms with Gasteiger partial charge in [0.2, 0.25) is 0 Å². The molecule has 0 unspecified atom stereocenters. The van der Waals surface area contributed by atoms with Crippen LogP contribution in [0.5, 0.6) is 5.75 Å². The molecule has 0 spiro atoms. The molecule has 1 aromatic heterocycles. The van der Waals surface area contributed by atoms with E-state index in [-0.39, 0.29) is 23.7 Å². The van der Waals surface area contributed by atoms with Crippen molar-refractivity contribution < 1.29 is 14.3 Å². The highest BCUT2D eigenvalue weighted by Gasteiger charge is 2.20. The number of rotatable bonds is 5. The molecule has 1 amide bonds. The molecule has 0 aliphatic heterocycles. The Morgan fingerprint density at radius 2 is 1.92 bits per heavy atom. The summed E-state index contributed by atoms with van der Waals surface area (Å²) in [6.07, 6.45) is 0. The lowest BCUT2D eigenvalue weighted by atomic mass is 9.85. The number of benzene rings is 1. The summed E-state index contributed by atoms with van der Waals surface area (Å²) in [6, 6.07) is 5.94. The minimum absolute atomic E-state index is 0.0544. The number of amides is 1. The van der Waals surface area contributed by atoms with Crippen LogP contribution in [-0.4, -0.2) is 23.3 Å². The summed E-state index contributed by atoms with van der Waals surface area (Å²) in [5.74, 6) is 0.346. The van der Waals surface area contributed by atoms with Crippen molar-refractivity contribution in [2.45, 2.75) is 47.0 Å². The van der Waals surface area contributed by atoms with E-state index in [1.807, 2.05) is 19.1 Å². The van der Waals surface area contributed by atoms with Gasteiger partial charge in [0.05, 0.1) is 10.6 Å². The van der Waals surface area contributed by atoms with E-state index in [0.717, 1.165) is 11.1 Å². The number of nitrogens with one attached hydrogen (secondary N) is 1. The van der Waals surface area contributed by atoms with Gasteiger partial charge in [-0.15, -0.1) is 0 Å². The van der Waals surface area contributed by atoms with Crippen molar-refractivity contribution >= 4 is 28.2 Å². The predicted octanol–water partition coefficient (Wildman–Crippen LogP) is 4.28. The summed E-state index contributed by atoms with van der Waals surface area (Å²) in [5, 5.41) is 3.10. The van der Waals surface area contributed by atoms with Gasteiger partial charge in [0.15, 0.2) is 17.5 Å². The standard InChI is InChI=1S/C19H24N2O3S/c1-11-7-8-15(14(9-11)19(4,5)6)24-10-16(23)21-18-20-12(2)17(25-18)13(3)22/h7-9H,10H2,1-6H3,(H,20,21,23). The Balaban J connectivity index is 2.06. The first kappa shape index (κ1) is 19.1. The molecule has 0 fully saturated rings. The minimum atomic E-state index is -0.302. The number of hydrogen-bond acceptors (Lipinski definition) is 5. The largest absolute Gasteiger partial charge is 0.483 e. The third-order valence-corrected chi connectivity index (χ3v) is 4.84. The Labute approximate surface area is 152 Å². The van der Waals surface area contributed by atoms with Crippen LogP contribution in [0.4, 0.5) is 5.13 Å². The fourth-order valence-corrected chi connectivity index (χ4v) is 3.31. The highest BCUT2D eigenvalue weighted by Crippen LogP contribution is 2.32. The summed E-state index contributed by atoms with van der Waals surface area (Å²) in [6.45, 7) is 11.5. The van der Waals surface area contributed by atoms with Crippen LogP contribution in [0.15, 0.2) is 18.2 Å². The number of ketones is 1. The van der Waals surface area contributed by atoms with Crippen LogP contribution in [-0.2, 0) is 10.2 Å². The second kappa shape index (κ2) is 7.35. The summed E-state index contributed by atoms with van der Waals surface area (Å²) in [5.41, 5.74) is 2.75. The van der Waals surface area contributed by atoms with Crippen LogP contribution in [0.2, 0.25) is 0 Å². The molecule has 25 heavy (non-hydrogen) atoms. The average Bonchev–Trinajstić information content (AvgIpc) is 2.85. The number of aryl methyl sites for hydroxylation is 2. The van der Waals surface area contributed by atoms with E-state index in [2.05, 4.69) is 37.1 Å². The lowest BCUT2D eigenvalue weighted by Gasteiger charge is -2.23. The zero-order valence-corrected chi connectivity index (χ0v) is 16.3. The number of carbonyl (C=O) groups is 2. The highest BCUT2D eigenvalue weighted by molar-refractivity contribution is 7.17. The van der Waals surface area contributed by atoms with E-state index in [0.29, 0.717) is 21.5 Å². The summed E-state index contributed by atoms with van der Waals surface area (Å²) in [4.78, 5) is 28.4. The third-order valence-electron chi connectivity index (χ3n) is 3.66. The Kier molecular flexibility index (Phi) is 5.62. The molecule has 2 aromatic rings. The summed E-state index contributed by atoms with van der Waals surface area (Å²) in [7, 11) is 0. The molecule has 0 radical (unpaired) electrons. The molecular weight excluding hydrogens is 336 g/mol. The molecule has 134 valence electrons. The summed E-state index contributed by atoms with van der Waals surface area (Å²) < 4.78 is 5.74. The molecule has 5 nitrogen and oxygen atoms in total. The second-order valence-corrected chi connectivity index (χ2v) is 8.08. The third kappa shape index (κ3) is 4.89. The zero-order valence-electron chi connectivity index (χ0n) is 15.5. The minimum Gasteiger partial charge on any atom is -0.483 e. The number of nitrogens with zero attached hydrogens (tertiary/aromatic N) is 1. The Morgan fingerprint density at radius 1 is 1.24 bits per heavy atom. The van der Waals surface area contributed by atoms with Gasteiger partial charge in [0.1, 0.15) is 5.75 Å². The number of thiazole rings is 1. The molecule has 0 saturated heterocycles. The van der Waals surface area contributed by atoms with Crippen molar-refractivity contribution in [3.05, 3.63) is 39.9 Å². The van der Waals surface area contributed by atoms with E-state index >= 15 is 0 Å². The number of ether oxygens (including phenoxy) is 1. The normalized spacial score (nSPS) is 11.3. The van der Waals surface area contributed by atoms with Crippen LogP contribution in [0.25, 0.3) is 0 Å². The molecule has 0 bridgehead atoms. The van der Waals surface area contributed by atoms with Gasteiger partial charge in [0, 0.05) is 6.92 Å². The van der Waals surface area contributed by atoms with Gasteiger partial charge in [-0.1, -0.05) is 49.8 Å². The number of anilines is 1. The second-order valence-electron chi connectivity index (χ2n) is 7.08. The van der Waals surface area contributed by atoms with E-state index in [4.69, 9.17) is 4.74 Å². The van der Waals surface area contributed by atoms with Crippen molar-refractivity contribution in [1.29, 1.82) is 0 Å². The van der Waals surface area contributed by atoms with Crippen molar-refractivity contribution in [3.63, 3.8) is 0 Å². The van der Waals surface area contributed by atoms with E-state index in [1.165, 1.54) is 18.3 Å². The van der Waals surface area contributed by atoms with Crippen molar-refractivity contribution in [2.75, 3.05) is 11.9 Å². The van der Waals surface area contributed by atoms with Crippen LogP contribution in [0.1, 0.15) is 54.2 Å². The molecule has 0 aliphatic carbocycles. The highest BCUT2D eigenvalue weighted by atomic mass is 32.1. The van der Waals surface area contributed by atoms with Crippen molar-refractivity contribution in [2.24, 2.45) is 0 Å². The molecule has 2 rings (SSSR count). The fraction of sp³-hybridized carbons (Fsp3) is 0.421. The van der Waals surface area contributed by atoms with Crippen LogP contribution >= 0.6 is 11.3 Å². The molecule has 0 atom stereocenters. The molecular formula is C19H24N2O3S. The topological polar surface area (TPSA) is 68.3 Å². The molecule has 1 N–H and O–H groups in total. The predicted molar refractivity (Wildman–Crippen MR) is 101 cm³/mol. The van der Waals surface area contributed by atoms with E-state index < -0.39 is 0 Å². The first-order chi connectivity index (χ1) is 11.6. The van der Waals surface area contributed by atoms with Crippen molar-refractivity contribution in [3.8, 4) is 5.75 Å². The van der Waals surface area contributed by atoms with Gasteiger partial charge in [-0.05, 0) is 30.9 Å². The molecule has 0 saturated carbocycles. The Morgan fingerprint density at radius 3 is 2.48 bits per heavy atom. The van der Waals surface area contributed by atoms with Gasteiger partial charge in [-0.25, -0.2) is 4.98 Å². The van der Waals surface area contributed by atoms with Gasteiger partial charge in [0.25, 0.3) is 5.91 Å².